The topological polar surface area (TPSA) is 120 Å². The summed E-state index contributed by atoms with van der Waals surface area (Å²) < 4.78 is 5.19. The number of hydrogen-bond acceptors (Lipinski definition) is 6. The molecule has 1 heterocycles. The van der Waals surface area contributed by atoms with Crippen LogP contribution in [0.1, 0.15) is 17.4 Å². The second-order valence-corrected chi connectivity index (χ2v) is 5.10. The Balaban J connectivity index is 1.85. The van der Waals surface area contributed by atoms with E-state index in [2.05, 4.69) is 15.2 Å². The van der Waals surface area contributed by atoms with Crippen LogP contribution in [0.25, 0.3) is 11.4 Å². The van der Waals surface area contributed by atoms with Gasteiger partial charge in [-0.2, -0.15) is 5.10 Å². The molecule has 0 aliphatic heterocycles. The van der Waals surface area contributed by atoms with E-state index in [4.69, 9.17) is 10.5 Å². The number of aromatic amines is 1. The van der Waals surface area contributed by atoms with Crippen molar-refractivity contribution in [1.82, 2.24) is 15.2 Å². The predicted octanol–water partition coefficient (Wildman–Crippen LogP) is 2.44. The average molecular weight is 325 g/mol. The lowest BCUT2D eigenvalue weighted by Crippen LogP contribution is -2.13. The molecule has 0 bridgehead atoms. The van der Waals surface area contributed by atoms with Gasteiger partial charge in [0.2, 0.25) is 0 Å². The summed E-state index contributed by atoms with van der Waals surface area (Å²) in [5.41, 5.74) is 7.73. The summed E-state index contributed by atoms with van der Waals surface area (Å²) in [4.78, 5) is 14.6. The third-order valence-corrected chi connectivity index (χ3v) is 3.59. The first-order valence-electron chi connectivity index (χ1n) is 7.15. The summed E-state index contributed by atoms with van der Waals surface area (Å²) in [6.07, 6.45) is 0. The van der Waals surface area contributed by atoms with Gasteiger partial charge in [-0.15, -0.1) is 0 Å². The Labute approximate surface area is 137 Å². The van der Waals surface area contributed by atoms with Crippen LogP contribution in [0, 0.1) is 10.1 Å². The van der Waals surface area contributed by atoms with E-state index in [1.54, 1.807) is 19.2 Å². The lowest BCUT2D eigenvalue weighted by Gasteiger charge is -2.09. The van der Waals surface area contributed by atoms with Gasteiger partial charge in [0.15, 0.2) is 5.82 Å². The molecule has 1 unspecified atom stereocenters. The molecule has 0 saturated heterocycles. The highest BCUT2D eigenvalue weighted by Gasteiger charge is 2.16. The van der Waals surface area contributed by atoms with Crippen molar-refractivity contribution in [3.63, 3.8) is 0 Å². The number of nitro groups is 1. The zero-order valence-corrected chi connectivity index (χ0v) is 12.8. The molecule has 8 nitrogen and oxygen atoms in total. The molecule has 3 rings (SSSR count). The average Bonchev–Trinajstić information content (AvgIpc) is 3.11. The molecule has 0 aliphatic carbocycles. The summed E-state index contributed by atoms with van der Waals surface area (Å²) >= 11 is 0. The van der Waals surface area contributed by atoms with Crippen LogP contribution < -0.4 is 10.5 Å². The molecule has 122 valence electrons. The molecule has 0 aliphatic rings. The van der Waals surface area contributed by atoms with Crippen molar-refractivity contribution in [2.45, 2.75) is 6.04 Å². The maximum absolute atomic E-state index is 10.7. The van der Waals surface area contributed by atoms with Gasteiger partial charge in [0, 0.05) is 17.7 Å². The molecule has 2 aromatic carbocycles. The van der Waals surface area contributed by atoms with E-state index in [1.807, 2.05) is 24.3 Å². The maximum Gasteiger partial charge on any atom is 0.269 e. The van der Waals surface area contributed by atoms with E-state index < -0.39 is 11.0 Å². The van der Waals surface area contributed by atoms with Gasteiger partial charge in [-0.1, -0.05) is 12.1 Å². The van der Waals surface area contributed by atoms with Crippen molar-refractivity contribution in [3.8, 4) is 17.1 Å². The van der Waals surface area contributed by atoms with Crippen LogP contribution in [0.4, 0.5) is 5.69 Å². The summed E-state index contributed by atoms with van der Waals surface area (Å²) in [6.45, 7) is 0. The first-order chi connectivity index (χ1) is 11.6. The maximum atomic E-state index is 10.7. The first-order valence-corrected chi connectivity index (χ1v) is 7.15. The molecule has 0 spiro atoms. The lowest BCUT2D eigenvalue weighted by molar-refractivity contribution is -0.384. The van der Waals surface area contributed by atoms with Crippen LogP contribution >= 0.6 is 0 Å². The van der Waals surface area contributed by atoms with Crippen molar-refractivity contribution in [2.75, 3.05) is 7.11 Å². The fourth-order valence-electron chi connectivity index (χ4n) is 2.27. The molecule has 8 heteroatoms. The molecule has 1 aromatic heterocycles. The highest BCUT2D eigenvalue weighted by Crippen LogP contribution is 2.24. The number of ether oxygens (including phenoxy) is 1. The van der Waals surface area contributed by atoms with Crippen LogP contribution in [0.15, 0.2) is 48.5 Å². The van der Waals surface area contributed by atoms with Gasteiger partial charge in [0.05, 0.1) is 18.1 Å². The Hall–Kier alpha value is -3.26. The first kappa shape index (κ1) is 15.6. The molecule has 24 heavy (non-hydrogen) atoms. The minimum Gasteiger partial charge on any atom is -0.497 e. The Kier molecular flexibility index (Phi) is 4.21. The van der Waals surface area contributed by atoms with Crippen LogP contribution in [0.5, 0.6) is 5.75 Å². The number of nitrogens with zero attached hydrogens (tertiary/aromatic N) is 3. The second-order valence-electron chi connectivity index (χ2n) is 5.10. The fraction of sp³-hybridized carbons (Fsp3) is 0.125. The smallest absolute Gasteiger partial charge is 0.269 e. The standard InChI is InChI=1S/C16H15N5O3/c1-24-13-4-2-3-11(9-13)14(17)16-18-15(19-20-16)10-5-7-12(8-6-10)21(22)23/h2-9,14H,17H2,1H3,(H,18,19,20). The molecule has 3 aromatic rings. The predicted molar refractivity (Wildman–Crippen MR) is 87.5 cm³/mol. The van der Waals surface area contributed by atoms with Crippen LogP contribution in [0.3, 0.4) is 0 Å². The second kappa shape index (κ2) is 6.47. The number of non-ortho nitro benzene ring substituents is 1. The summed E-state index contributed by atoms with van der Waals surface area (Å²) in [5.74, 6) is 1.63. The van der Waals surface area contributed by atoms with Gasteiger partial charge in [0.25, 0.3) is 5.69 Å². The Bertz CT molecular complexity index is 860. The SMILES string of the molecule is COc1cccc(C(N)c2nc(-c3ccc([N+](=O)[O-])cc3)n[nH]2)c1. The number of nitrogens with two attached hydrogens (primary N) is 1. The van der Waals surface area contributed by atoms with E-state index in [1.165, 1.54) is 12.1 Å². The van der Waals surface area contributed by atoms with E-state index in [-0.39, 0.29) is 5.69 Å². The Morgan fingerprint density at radius 3 is 2.67 bits per heavy atom. The minimum atomic E-state index is -0.487. The highest BCUT2D eigenvalue weighted by atomic mass is 16.6. The Morgan fingerprint density at radius 2 is 2.00 bits per heavy atom. The normalized spacial score (nSPS) is 11.9. The van der Waals surface area contributed by atoms with Crippen molar-refractivity contribution < 1.29 is 9.66 Å². The third kappa shape index (κ3) is 3.08. The van der Waals surface area contributed by atoms with E-state index >= 15 is 0 Å². The van der Waals surface area contributed by atoms with Crippen molar-refractivity contribution >= 4 is 5.69 Å². The highest BCUT2D eigenvalue weighted by molar-refractivity contribution is 5.57. The third-order valence-electron chi connectivity index (χ3n) is 3.59. The molecule has 0 fully saturated rings. The zero-order chi connectivity index (χ0) is 17.1. The van der Waals surface area contributed by atoms with E-state index in [0.717, 1.165) is 5.56 Å². The number of methoxy groups -OCH3 is 1. The van der Waals surface area contributed by atoms with Crippen molar-refractivity contribution in [2.24, 2.45) is 5.73 Å². The number of aromatic nitrogens is 3. The van der Waals surface area contributed by atoms with Crippen LogP contribution in [-0.4, -0.2) is 27.2 Å². The van der Waals surface area contributed by atoms with Crippen LogP contribution in [-0.2, 0) is 0 Å². The number of H-pyrrole nitrogens is 1. The molecule has 1 atom stereocenters. The minimum absolute atomic E-state index is 0.0163. The van der Waals surface area contributed by atoms with Gasteiger partial charge in [-0.05, 0) is 29.8 Å². The number of hydrogen-bond donors (Lipinski definition) is 2. The fourth-order valence-corrected chi connectivity index (χ4v) is 2.27. The van der Waals surface area contributed by atoms with Gasteiger partial charge < -0.3 is 10.5 Å². The molecular weight excluding hydrogens is 310 g/mol. The molecule has 0 radical (unpaired) electrons. The quantitative estimate of drug-likeness (QED) is 0.549. The van der Waals surface area contributed by atoms with Gasteiger partial charge in [0.1, 0.15) is 11.6 Å². The number of benzene rings is 2. The van der Waals surface area contributed by atoms with Crippen molar-refractivity contribution in [3.05, 3.63) is 70.0 Å². The summed E-state index contributed by atoms with van der Waals surface area (Å²) in [6, 6.07) is 12.9. The molecule has 3 N–H and O–H groups in total. The molecular formula is C16H15N5O3. The van der Waals surface area contributed by atoms with Gasteiger partial charge >= 0.3 is 0 Å². The monoisotopic (exact) mass is 325 g/mol. The molecule has 0 saturated carbocycles. The largest absolute Gasteiger partial charge is 0.497 e. The van der Waals surface area contributed by atoms with Crippen molar-refractivity contribution in [1.29, 1.82) is 0 Å². The molecule has 0 amide bonds. The lowest BCUT2D eigenvalue weighted by atomic mass is 10.1. The van der Waals surface area contributed by atoms with Gasteiger partial charge in [-0.3, -0.25) is 15.2 Å². The number of nitro benzene ring substituents is 1. The number of nitrogens with one attached hydrogen (secondary N) is 1. The Morgan fingerprint density at radius 1 is 1.25 bits per heavy atom. The summed E-state index contributed by atoms with van der Waals surface area (Å²) in [5, 5.41) is 17.6. The van der Waals surface area contributed by atoms with E-state index in [0.29, 0.717) is 23.0 Å². The van der Waals surface area contributed by atoms with E-state index in [9.17, 15) is 10.1 Å². The summed E-state index contributed by atoms with van der Waals surface area (Å²) in [7, 11) is 1.59. The zero-order valence-electron chi connectivity index (χ0n) is 12.8. The van der Waals surface area contributed by atoms with Gasteiger partial charge in [-0.25, -0.2) is 4.98 Å². The number of rotatable bonds is 5. The van der Waals surface area contributed by atoms with Crippen LogP contribution in [0.2, 0.25) is 0 Å².